The van der Waals surface area contributed by atoms with Crippen molar-refractivity contribution in [3.8, 4) is 11.3 Å². The average molecular weight is 609 g/mol. The van der Waals surface area contributed by atoms with Gasteiger partial charge in [0.05, 0.1) is 23.4 Å². The molecule has 1 aliphatic heterocycles. The van der Waals surface area contributed by atoms with Gasteiger partial charge in [0.2, 0.25) is 6.54 Å². The molecule has 218 valence electrons. The zero-order chi connectivity index (χ0) is 29.1. The molecule has 12 nitrogen and oxygen atoms in total. The molecule has 0 spiro atoms. The molecule has 1 saturated carbocycles. The number of aromatic nitrogens is 3. The molecule has 2 N–H and O–H groups in total. The molecule has 1 amide bonds. The van der Waals surface area contributed by atoms with Crippen LogP contribution in [0.4, 0.5) is 14.5 Å². The van der Waals surface area contributed by atoms with Gasteiger partial charge in [-0.15, -0.1) is 11.3 Å². The van der Waals surface area contributed by atoms with E-state index in [9.17, 15) is 23.0 Å². The van der Waals surface area contributed by atoms with Gasteiger partial charge < -0.3 is 19.8 Å². The molecule has 1 aliphatic carbocycles. The second-order valence-corrected chi connectivity index (χ2v) is 11.6. The minimum Gasteiger partial charge on any atom is -0.756 e. The predicted molar refractivity (Wildman–Crippen MR) is 142 cm³/mol. The zero-order valence-corrected chi connectivity index (χ0v) is 23.6. The number of hydrogen-bond donors (Lipinski definition) is 2. The van der Waals surface area contributed by atoms with Crippen LogP contribution in [0.5, 0.6) is 0 Å². The van der Waals surface area contributed by atoms with Crippen molar-refractivity contribution in [2.45, 2.75) is 44.8 Å². The molecule has 0 radical (unpaired) electrons. The molecule has 16 heteroatoms. The van der Waals surface area contributed by atoms with Crippen LogP contribution in [-0.2, 0) is 13.8 Å². The molecule has 3 aromatic rings. The maximum Gasteiger partial charge on any atom is 0.279 e. The van der Waals surface area contributed by atoms with Gasteiger partial charge in [-0.3, -0.25) is 18.6 Å². The van der Waals surface area contributed by atoms with Crippen LogP contribution in [0.25, 0.3) is 16.8 Å². The molecule has 2 aliphatic rings. The van der Waals surface area contributed by atoms with E-state index in [0.29, 0.717) is 17.2 Å². The van der Waals surface area contributed by atoms with Crippen molar-refractivity contribution < 1.29 is 41.9 Å². The lowest BCUT2D eigenvalue weighted by molar-refractivity contribution is -0.604. The summed E-state index contributed by atoms with van der Waals surface area (Å²) in [5, 5.41) is 13.3. The summed E-state index contributed by atoms with van der Waals surface area (Å²) >= 11 is 1.17. The summed E-state index contributed by atoms with van der Waals surface area (Å²) in [7, 11) is -4.90. The van der Waals surface area contributed by atoms with Crippen LogP contribution in [-0.4, -0.2) is 56.2 Å². The molecule has 2 aromatic heterocycles. The lowest BCUT2D eigenvalue weighted by atomic mass is 9.93. The third kappa shape index (κ3) is 7.18. The van der Waals surface area contributed by atoms with Crippen molar-refractivity contribution in [1.82, 2.24) is 14.8 Å². The van der Waals surface area contributed by atoms with Gasteiger partial charge in [-0.2, -0.15) is 5.10 Å². The van der Waals surface area contributed by atoms with Gasteiger partial charge in [-0.05, 0) is 55.9 Å². The van der Waals surface area contributed by atoms with Crippen molar-refractivity contribution in [2.24, 2.45) is 5.11 Å². The number of amides is 1. The molecule has 1 fully saturated rings. The first kappa shape index (κ1) is 29.3. The first-order chi connectivity index (χ1) is 19.6. The molecular weight excluding hydrogens is 581 g/mol. The summed E-state index contributed by atoms with van der Waals surface area (Å²) in [6, 6.07) is 3.07. The highest BCUT2D eigenvalue weighted by Crippen LogP contribution is 2.36. The fourth-order valence-electron chi connectivity index (χ4n) is 4.74. The zero-order valence-electron chi connectivity index (χ0n) is 21.9. The Hall–Kier alpha value is -3.20. The number of phosphoric ester groups is 1. The molecule has 1 atom stereocenters. The molecule has 41 heavy (non-hydrogen) atoms. The topological polar surface area (TPSA) is 154 Å². The molecule has 1 aromatic carbocycles. The van der Waals surface area contributed by atoms with Gasteiger partial charge in [0.25, 0.3) is 20.5 Å². The highest BCUT2D eigenvalue weighted by molar-refractivity contribution is 7.44. The first-order valence-corrected chi connectivity index (χ1v) is 15.2. The maximum atomic E-state index is 14.8. The molecule has 3 heterocycles. The number of azo groups is 2. The smallest absolute Gasteiger partial charge is 0.279 e. The van der Waals surface area contributed by atoms with Crippen molar-refractivity contribution in [3.05, 3.63) is 58.3 Å². The second kappa shape index (κ2) is 12.3. The highest BCUT2D eigenvalue weighted by atomic mass is 32.1. The number of benzene rings is 1. The summed E-state index contributed by atoms with van der Waals surface area (Å²) in [6.45, 7) is 2.27. The van der Waals surface area contributed by atoms with Crippen molar-refractivity contribution in [3.63, 3.8) is 0 Å². The number of rotatable bonds is 10. The quantitative estimate of drug-likeness (QED) is 0.255. The number of hydrogen-bond acceptors (Lipinski definition) is 9. The number of carbonyl (C=O) groups is 1. The van der Waals surface area contributed by atoms with E-state index in [2.05, 4.69) is 25.0 Å². The summed E-state index contributed by atoms with van der Waals surface area (Å²) in [6.07, 6.45) is 6.51. The van der Waals surface area contributed by atoms with Crippen LogP contribution in [0.1, 0.15) is 54.1 Å². The molecule has 0 bridgehead atoms. The molecular formula is C25H27F2N6O6PS. The number of nitrogens with zero attached hydrogens (tertiary/aromatic N) is 5. The largest absolute Gasteiger partial charge is 0.756 e. The van der Waals surface area contributed by atoms with Crippen LogP contribution in [0.15, 0.2) is 41.1 Å². The monoisotopic (exact) mass is 608 g/mol. The standard InChI is InChI=1S/C25H27F2N6O6PS/c1-2-38-18-6-4-17(5-7-18)33-12-21(23(31-33)19-9-16(26)3-8-20(19)27)29-24(34)22-13-41-25(30-22)15-10-28-32(11-15)14-39-40(35,36)37/h3,8-10,12-13,17-18H,2,4-7,11,14H2,1H3,(H2-,29,34,35,36,37). The summed E-state index contributed by atoms with van der Waals surface area (Å²) in [5.41, 5.74) is 0.923. The Labute approximate surface area is 237 Å². The fourth-order valence-corrected chi connectivity index (χ4v) is 5.83. The van der Waals surface area contributed by atoms with E-state index >= 15 is 0 Å². The Morgan fingerprint density at radius 2 is 2.10 bits per heavy atom. The van der Waals surface area contributed by atoms with E-state index in [0.717, 1.165) is 43.9 Å². The number of thiazole rings is 1. The Balaban J connectivity index is 1.33. The third-order valence-electron chi connectivity index (χ3n) is 6.70. The highest BCUT2D eigenvalue weighted by Gasteiger charge is 2.27. The molecule has 1 unspecified atom stereocenters. The van der Waals surface area contributed by atoms with Crippen LogP contribution >= 0.6 is 19.2 Å². The first-order valence-electron chi connectivity index (χ1n) is 12.9. The Morgan fingerprint density at radius 3 is 2.83 bits per heavy atom. The van der Waals surface area contributed by atoms with Crippen LogP contribution < -0.4 is 10.2 Å². The molecule has 0 saturated heterocycles. The number of nitrogens with one attached hydrogen (secondary N) is 1. The number of carbonyl (C=O) groups excluding carboxylic acids is 1. The van der Waals surface area contributed by atoms with Crippen LogP contribution in [0.3, 0.4) is 0 Å². The normalized spacial score (nSPS) is 20.4. The summed E-state index contributed by atoms with van der Waals surface area (Å²) in [4.78, 5) is 37.1. The van der Waals surface area contributed by atoms with Crippen molar-refractivity contribution >= 4 is 36.3 Å². The average Bonchev–Trinajstić information content (AvgIpc) is 3.69. The maximum absolute atomic E-state index is 14.8. The Morgan fingerprint density at radius 1 is 1.32 bits per heavy atom. The third-order valence-corrected chi connectivity index (χ3v) is 8.05. The summed E-state index contributed by atoms with van der Waals surface area (Å²) in [5.74, 6) is -1.89. The van der Waals surface area contributed by atoms with E-state index in [4.69, 9.17) is 9.63 Å². The Bertz CT molecular complexity index is 1540. The minimum absolute atomic E-state index is 0.00457. The van der Waals surface area contributed by atoms with Gasteiger partial charge in [0, 0.05) is 23.7 Å². The fraction of sp³-hybridized carbons (Fsp3) is 0.400. The number of halogens is 2. The number of ether oxygens (including phenoxy) is 1. The van der Waals surface area contributed by atoms with E-state index in [1.807, 2.05) is 6.92 Å². The lowest BCUT2D eigenvalue weighted by Crippen LogP contribution is -2.24. The Kier molecular flexibility index (Phi) is 8.82. The minimum atomic E-state index is -4.90. The molecule has 5 rings (SSSR count). The number of phosphoric acid groups is 1. The van der Waals surface area contributed by atoms with Gasteiger partial charge in [-0.25, -0.2) is 13.8 Å². The van der Waals surface area contributed by atoms with E-state index in [1.54, 1.807) is 10.9 Å². The van der Waals surface area contributed by atoms with E-state index < -0.39 is 32.1 Å². The second-order valence-electron chi connectivity index (χ2n) is 9.53. The summed E-state index contributed by atoms with van der Waals surface area (Å²) < 4.78 is 52.7. The number of anilines is 1. The van der Waals surface area contributed by atoms with Gasteiger partial charge in [-0.1, -0.05) is 4.70 Å². The lowest BCUT2D eigenvalue weighted by Gasteiger charge is -2.28. The van der Waals surface area contributed by atoms with E-state index in [-0.39, 0.29) is 41.3 Å². The van der Waals surface area contributed by atoms with Crippen molar-refractivity contribution in [1.29, 1.82) is 0 Å². The van der Waals surface area contributed by atoms with Crippen molar-refractivity contribution in [2.75, 3.05) is 25.2 Å². The predicted octanol–water partition coefficient (Wildman–Crippen LogP) is 4.31. The van der Waals surface area contributed by atoms with Crippen LogP contribution in [0, 0.1) is 11.6 Å². The SMILES string of the molecule is CCOC1CCC(n2cc(NC(=O)c3csc(C4=CN=[N+](COP(=O)([O-])O)C4)n3)c(-c3cc(F)ccc3F)n2)CC1. The van der Waals surface area contributed by atoms with Crippen LogP contribution in [0.2, 0.25) is 0 Å². The van der Waals surface area contributed by atoms with Gasteiger partial charge in [0.15, 0.2) is 0 Å². The van der Waals surface area contributed by atoms with Gasteiger partial charge in [0.1, 0.15) is 34.2 Å². The van der Waals surface area contributed by atoms with Gasteiger partial charge >= 0.3 is 0 Å². The van der Waals surface area contributed by atoms with E-state index in [1.165, 1.54) is 27.6 Å².